The maximum Gasteiger partial charge on any atom is 0.275 e. The Morgan fingerprint density at radius 2 is 1.79 bits per heavy atom. The van der Waals surface area contributed by atoms with Crippen LogP contribution in [0.25, 0.3) is 28.2 Å². The van der Waals surface area contributed by atoms with Crippen molar-refractivity contribution >= 4 is 0 Å². The van der Waals surface area contributed by atoms with E-state index in [1.54, 1.807) is 6.92 Å². The van der Waals surface area contributed by atoms with Crippen LogP contribution >= 0.6 is 0 Å². The number of hydrogen-bond acceptors (Lipinski definition) is 5. The van der Waals surface area contributed by atoms with Gasteiger partial charge in [0, 0.05) is 29.4 Å². The zero-order chi connectivity index (χ0) is 20.2. The van der Waals surface area contributed by atoms with Gasteiger partial charge in [0.05, 0.1) is 0 Å². The number of rotatable bonds is 6. The van der Waals surface area contributed by atoms with Crippen LogP contribution in [0.4, 0.5) is 0 Å². The van der Waals surface area contributed by atoms with Gasteiger partial charge in [-0.05, 0) is 41.8 Å². The van der Waals surface area contributed by atoms with Gasteiger partial charge in [-0.1, -0.05) is 49.7 Å². The van der Waals surface area contributed by atoms with Crippen LogP contribution in [0.3, 0.4) is 0 Å². The molecule has 1 N–H and O–H groups in total. The third kappa shape index (κ3) is 3.85. The van der Waals surface area contributed by atoms with E-state index >= 15 is 0 Å². The summed E-state index contributed by atoms with van der Waals surface area (Å²) in [5.74, 6) is 1.36. The van der Waals surface area contributed by atoms with Crippen LogP contribution in [-0.2, 0) is 6.42 Å². The summed E-state index contributed by atoms with van der Waals surface area (Å²) in [7, 11) is 0. The first-order valence-electron chi connectivity index (χ1n) is 9.70. The average molecular weight is 386 g/mol. The molecule has 0 aliphatic rings. The van der Waals surface area contributed by atoms with Gasteiger partial charge in [-0.2, -0.15) is 10.2 Å². The van der Waals surface area contributed by atoms with E-state index in [0.717, 1.165) is 47.5 Å². The number of nitrogens with one attached hydrogen (secondary N) is 1. The standard InChI is InChI=1S/C22H22N6O/c1-3-4-9-20-23-22(29)15(2)14-28(20)17-12-10-16(11-13-17)18-7-5-6-8-19(18)21-24-26-27-25-21/h5-8,10-14H,3-4,9H2,1-2H3,(H,24,25,26,27). The van der Waals surface area contributed by atoms with Crippen LogP contribution < -0.4 is 5.56 Å². The van der Waals surface area contributed by atoms with Crippen molar-refractivity contribution < 1.29 is 0 Å². The predicted molar refractivity (Wildman–Crippen MR) is 112 cm³/mol. The Bertz CT molecular complexity index is 1160. The second kappa shape index (κ2) is 8.18. The SMILES string of the molecule is CCCCc1nc(=O)c(C)cn1-c1ccc(-c2ccccc2-c2nn[nH]n2)cc1. The molecule has 0 bridgehead atoms. The van der Waals surface area contributed by atoms with Crippen LogP contribution in [-0.4, -0.2) is 30.2 Å². The van der Waals surface area contributed by atoms with Gasteiger partial charge in [-0.15, -0.1) is 10.2 Å². The third-order valence-corrected chi connectivity index (χ3v) is 4.89. The molecule has 146 valence electrons. The summed E-state index contributed by atoms with van der Waals surface area (Å²) in [6.45, 7) is 3.93. The lowest BCUT2D eigenvalue weighted by molar-refractivity contribution is 0.713. The third-order valence-electron chi connectivity index (χ3n) is 4.89. The molecule has 0 saturated carbocycles. The van der Waals surface area contributed by atoms with E-state index in [0.29, 0.717) is 11.4 Å². The van der Waals surface area contributed by atoms with E-state index < -0.39 is 0 Å². The summed E-state index contributed by atoms with van der Waals surface area (Å²) in [5, 5.41) is 14.4. The summed E-state index contributed by atoms with van der Waals surface area (Å²) in [4.78, 5) is 16.3. The first-order chi connectivity index (χ1) is 14.2. The average Bonchev–Trinajstić information content (AvgIpc) is 3.29. The molecular weight excluding hydrogens is 364 g/mol. The van der Waals surface area contributed by atoms with Gasteiger partial charge in [0.2, 0.25) is 5.82 Å². The molecule has 0 aliphatic heterocycles. The van der Waals surface area contributed by atoms with E-state index in [2.05, 4.69) is 44.7 Å². The van der Waals surface area contributed by atoms with Gasteiger partial charge in [-0.3, -0.25) is 4.79 Å². The van der Waals surface area contributed by atoms with Crippen molar-refractivity contribution in [3.8, 4) is 28.2 Å². The predicted octanol–water partition coefficient (Wildman–Crippen LogP) is 3.73. The highest BCUT2D eigenvalue weighted by Crippen LogP contribution is 2.30. The molecule has 4 rings (SSSR count). The van der Waals surface area contributed by atoms with E-state index in [1.165, 1.54) is 0 Å². The second-order valence-electron chi connectivity index (χ2n) is 6.95. The van der Waals surface area contributed by atoms with E-state index in [9.17, 15) is 4.79 Å². The molecule has 0 atom stereocenters. The number of H-pyrrole nitrogens is 1. The smallest absolute Gasteiger partial charge is 0.275 e. The van der Waals surface area contributed by atoms with Crippen molar-refractivity contribution in [3.63, 3.8) is 0 Å². The minimum absolute atomic E-state index is 0.155. The fraction of sp³-hybridized carbons (Fsp3) is 0.227. The number of tetrazole rings is 1. The number of nitrogens with zero attached hydrogens (tertiary/aromatic N) is 5. The molecular formula is C22H22N6O. The first kappa shape index (κ1) is 18.7. The maximum atomic E-state index is 12.0. The van der Waals surface area contributed by atoms with Gasteiger partial charge >= 0.3 is 0 Å². The number of benzene rings is 2. The highest BCUT2D eigenvalue weighted by Gasteiger charge is 2.12. The molecule has 4 aromatic rings. The molecule has 7 nitrogen and oxygen atoms in total. The van der Waals surface area contributed by atoms with Crippen molar-refractivity contribution in [3.05, 3.63) is 76.5 Å². The van der Waals surface area contributed by atoms with Crippen molar-refractivity contribution in [2.45, 2.75) is 33.1 Å². The largest absolute Gasteiger partial charge is 0.305 e. The lowest BCUT2D eigenvalue weighted by Gasteiger charge is -2.14. The number of unbranched alkanes of at least 4 members (excludes halogenated alkanes) is 1. The van der Waals surface area contributed by atoms with Crippen LogP contribution in [0, 0.1) is 6.92 Å². The molecule has 29 heavy (non-hydrogen) atoms. The Kier molecular flexibility index (Phi) is 5.29. The quantitative estimate of drug-likeness (QED) is 0.545. The molecule has 0 saturated heterocycles. The highest BCUT2D eigenvalue weighted by molar-refractivity contribution is 5.80. The summed E-state index contributed by atoms with van der Waals surface area (Å²) < 4.78 is 2.02. The van der Waals surface area contributed by atoms with Crippen molar-refractivity contribution in [1.29, 1.82) is 0 Å². The molecule has 2 aromatic heterocycles. The summed E-state index contributed by atoms with van der Waals surface area (Å²) >= 11 is 0. The van der Waals surface area contributed by atoms with E-state index in [4.69, 9.17) is 0 Å². The molecule has 0 radical (unpaired) electrons. The number of hydrogen-bond donors (Lipinski definition) is 1. The summed E-state index contributed by atoms with van der Waals surface area (Å²) in [6, 6.07) is 16.2. The van der Waals surface area contributed by atoms with Crippen LogP contribution in [0.2, 0.25) is 0 Å². The zero-order valence-electron chi connectivity index (χ0n) is 16.5. The van der Waals surface area contributed by atoms with Crippen LogP contribution in [0.15, 0.2) is 59.5 Å². The Morgan fingerprint density at radius 1 is 1.03 bits per heavy atom. The van der Waals surface area contributed by atoms with Gasteiger partial charge in [-0.25, -0.2) is 0 Å². The summed E-state index contributed by atoms with van der Waals surface area (Å²) in [5.41, 5.74) is 4.46. The minimum Gasteiger partial charge on any atom is -0.305 e. The Hall–Kier alpha value is -3.61. The fourth-order valence-corrected chi connectivity index (χ4v) is 3.32. The van der Waals surface area contributed by atoms with Crippen molar-refractivity contribution in [2.24, 2.45) is 0 Å². The van der Waals surface area contributed by atoms with Gasteiger partial charge in [0.1, 0.15) is 5.82 Å². The Balaban J connectivity index is 1.74. The molecule has 0 amide bonds. The molecule has 2 aromatic carbocycles. The van der Waals surface area contributed by atoms with E-state index in [1.807, 2.05) is 47.2 Å². The number of aryl methyl sites for hydroxylation is 2. The topological polar surface area (TPSA) is 89.4 Å². The van der Waals surface area contributed by atoms with Gasteiger partial charge in [0.25, 0.3) is 5.56 Å². The van der Waals surface area contributed by atoms with Crippen molar-refractivity contribution in [2.75, 3.05) is 0 Å². The highest BCUT2D eigenvalue weighted by atomic mass is 16.1. The summed E-state index contributed by atoms with van der Waals surface area (Å²) in [6.07, 6.45) is 4.69. The van der Waals surface area contributed by atoms with E-state index in [-0.39, 0.29) is 5.56 Å². The van der Waals surface area contributed by atoms with Crippen molar-refractivity contribution in [1.82, 2.24) is 30.2 Å². The molecule has 0 spiro atoms. The molecule has 7 heteroatoms. The molecule has 2 heterocycles. The molecule has 0 fully saturated rings. The normalized spacial score (nSPS) is 11.0. The van der Waals surface area contributed by atoms with Crippen LogP contribution in [0.5, 0.6) is 0 Å². The molecule has 0 aliphatic carbocycles. The first-order valence-corrected chi connectivity index (χ1v) is 9.70. The Morgan fingerprint density at radius 3 is 2.48 bits per heavy atom. The molecule has 0 unspecified atom stereocenters. The lowest BCUT2D eigenvalue weighted by atomic mass is 9.99. The monoisotopic (exact) mass is 386 g/mol. The van der Waals surface area contributed by atoms with Gasteiger partial charge in [0.15, 0.2) is 0 Å². The number of aromatic amines is 1. The Labute approximate surface area is 168 Å². The lowest BCUT2D eigenvalue weighted by Crippen LogP contribution is -2.19. The second-order valence-corrected chi connectivity index (χ2v) is 6.95. The van der Waals surface area contributed by atoms with Crippen LogP contribution in [0.1, 0.15) is 31.2 Å². The number of aromatic nitrogens is 6. The fourth-order valence-electron chi connectivity index (χ4n) is 3.32. The van der Waals surface area contributed by atoms with Gasteiger partial charge < -0.3 is 4.57 Å². The minimum atomic E-state index is -0.155. The zero-order valence-corrected chi connectivity index (χ0v) is 16.5. The maximum absolute atomic E-state index is 12.0.